The third-order valence-corrected chi connectivity index (χ3v) is 6.52. The van der Waals surface area contributed by atoms with E-state index in [2.05, 4.69) is 15.4 Å². The van der Waals surface area contributed by atoms with Gasteiger partial charge >= 0.3 is 12.1 Å². The molecule has 3 N–H and O–H groups in total. The Labute approximate surface area is 230 Å². The number of rotatable bonds is 11. The van der Waals surface area contributed by atoms with Crippen LogP contribution in [0.25, 0.3) is 0 Å². The van der Waals surface area contributed by atoms with Crippen LogP contribution in [0.1, 0.15) is 71.2 Å². The highest BCUT2D eigenvalue weighted by atomic mass is 32.2. The van der Waals surface area contributed by atoms with Crippen molar-refractivity contribution in [1.82, 2.24) is 10.0 Å². The molecular formula is C28H39N3O7S. The summed E-state index contributed by atoms with van der Waals surface area (Å²) in [7, 11) is -4.09. The van der Waals surface area contributed by atoms with Crippen LogP contribution in [0.5, 0.6) is 0 Å². The fourth-order valence-corrected chi connectivity index (χ4v) is 4.56. The first-order valence-electron chi connectivity index (χ1n) is 12.7. The lowest BCUT2D eigenvalue weighted by atomic mass is 10.1. The van der Waals surface area contributed by atoms with Crippen molar-refractivity contribution in [2.75, 3.05) is 11.9 Å². The van der Waals surface area contributed by atoms with Gasteiger partial charge in [0.05, 0.1) is 4.90 Å². The van der Waals surface area contributed by atoms with Gasteiger partial charge in [0, 0.05) is 17.8 Å². The highest BCUT2D eigenvalue weighted by molar-refractivity contribution is 7.89. The summed E-state index contributed by atoms with van der Waals surface area (Å²) in [6, 6.07) is 13.1. The number of esters is 1. The molecule has 0 heterocycles. The Bertz CT molecular complexity index is 1220. The molecule has 2 aromatic carbocycles. The van der Waals surface area contributed by atoms with E-state index in [9.17, 15) is 22.8 Å². The van der Waals surface area contributed by atoms with Gasteiger partial charge in [-0.25, -0.2) is 13.2 Å². The van der Waals surface area contributed by atoms with E-state index in [1.807, 2.05) is 0 Å². The molecular weight excluding hydrogens is 522 g/mol. The van der Waals surface area contributed by atoms with Crippen molar-refractivity contribution in [3.05, 3.63) is 60.2 Å². The number of amides is 2. The molecule has 0 saturated carbocycles. The van der Waals surface area contributed by atoms with Crippen molar-refractivity contribution in [1.29, 1.82) is 0 Å². The topological polar surface area (TPSA) is 140 Å². The van der Waals surface area contributed by atoms with Gasteiger partial charge in [0.15, 0.2) is 0 Å². The summed E-state index contributed by atoms with van der Waals surface area (Å²) < 4.78 is 39.3. The first-order chi connectivity index (χ1) is 18.1. The number of benzene rings is 2. The van der Waals surface area contributed by atoms with Crippen LogP contribution in [-0.2, 0) is 24.3 Å². The van der Waals surface area contributed by atoms with Gasteiger partial charge in [-0.05, 0) is 97.2 Å². The Morgan fingerprint density at radius 3 is 1.97 bits per heavy atom. The van der Waals surface area contributed by atoms with E-state index >= 15 is 0 Å². The number of nitrogens with one attached hydrogen (secondary N) is 3. The van der Waals surface area contributed by atoms with Crippen LogP contribution in [0.15, 0.2) is 59.5 Å². The van der Waals surface area contributed by atoms with Gasteiger partial charge in [0.2, 0.25) is 10.0 Å². The van der Waals surface area contributed by atoms with Crippen LogP contribution in [-0.4, -0.2) is 50.2 Å². The van der Waals surface area contributed by atoms with Crippen LogP contribution in [0.2, 0.25) is 0 Å². The third kappa shape index (κ3) is 11.9. The second-order valence-electron chi connectivity index (χ2n) is 11.0. The lowest BCUT2D eigenvalue weighted by Crippen LogP contribution is -2.44. The van der Waals surface area contributed by atoms with Crippen molar-refractivity contribution in [2.45, 2.75) is 82.9 Å². The summed E-state index contributed by atoms with van der Waals surface area (Å²) in [6.45, 7) is 10.7. The standard InChI is InChI=1S/C28H39N3O7S/c1-27(2,3)37-25(33)23(14-10-11-19-29-26(34)38-28(4,5)6)31-39(35,36)22-17-15-21(16-18-22)30-24(32)20-12-8-7-9-13-20/h7-9,12-13,15-18,23,31H,10-11,14,19H2,1-6H3,(H,29,34)(H,30,32)/t23-/m0/s1. The van der Waals surface area contributed by atoms with E-state index in [0.717, 1.165) is 0 Å². The molecule has 11 heteroatoms. The number of hydrogen-bond donors (Lipinski definition) is 3. The number of anilines is 1. The molecule has 0 fully saturated rings. The van der Waals surface area contributed by atoms with Crippen molar-refractivity contribution in [3.63, 3.8) is 0 Å². The summed E-state index contributed by atoms with van der Waals surface area (Å²) in [4.78, 5) is 36.9. The van der Waals surface area contributed by atoms with Crippen molar-refractivity contribution >= 4 is 33.7 Å². The summed E-state index contributed by atoms with van der Waals surface area (Å²) in [5.41, 5.74) is -0.533. The van der Waals surface area contributed by atoms with E-state index in [4.69, 9.17) is 9.47 Å². The number of carbonyl (C=O) groups is 3. The summed E-state index contributed by atoms with van der Waals surface area (Å²) in [5.74, 6) is -1.02. The van der Waals surface area contributed by atoms with Crippen molar-refractivity contribution in [3.8, 4) is 0 Å². The Hall–Kier alpha value is -3.44. The first-order valence-corrected chi connectivity index (χ1v) is 14.2. The Balaban J connectivity index is 2.03. The van der Waals surface area contributed by atoms with Gasteiger partial charge in [0.1, 0.15) is 17.2 Å². The fourth-order valence-electron chi connectivity index (χ4n) is 3.34. The molecule has 0 bridgehead atoms. The zero-order valence-corrected chi connectivity index (χ0v) is 24.2. The van der Waals surface area contributed by atoms with Gasteiger partial charge in [-0.1, -0.05) is 18.2 Å². The molecule has 10 nitrogen and oxygen atoms in total. The third-order valence-electron chi connectivity index (χ3n) is 5.03. The normalized spacial score (nSPS) is 12.8. The zero-order valence-electron chi connectivity index (χ0n) is 23.4. The molecule has 0 aliphatic rings. The Morgan fingerprint density at radius 2 is 1.41 bits per heavy atom. The molecule has 2 rings (SSSR count). The molecule has 0 aliphatic heterocycles. The Morgan fingerprint density at radius 1 is 0.821 bits per heavy atom. The highest BCUT2D eigenvalue weighted by Gasteiger charge is 2.29. The number of carbonyl (C=O) groups excluding carboxylic acids is 3. The minimum Gasteiger partial charge on any atom is -0.459 e. The Kier molecular flexibility index (Phi) is 11.1. The second-order valence-corrected chi connectivity index (χ2v) is 12.7. The maximum absolute atomic E-state index is 13.1. The van der Waals surface area contributed by atoms with E-state index in [0.29, 0.717) is 30.6 Å². The van der Waals surface area contributed by atoms with Gasteiger partial charge in [0.25, 0.3) is 5.91 Å². The lowest BCUT2D eigenvalue weighted by Gasteiger charge is -2.24. The number of ether oxygens (including phenoxy) is 2. The van der Waals surface area contributed by atoms with E-state index in [1.165, 1.54) is 24.3 Å². The van der Waals surface area contributed by atoms with Crippen LogP contribution >= 0.6 is 0 Å². The quantitative estimate of drug-likeness (QED) is 0.269. The van der Waals surface area contributed by atoms with E-state index < -0.39 is 39.3 Å². The van der Waals surface area contributed by atoms with Gasteiger partial charge < -0.3 is 20.1 Å². The molecule has 2 amide bonds. The molecule has 0 unspecified atom stereocenters. The number of alkyl carbamates (subject to hydrolysis) is 1. The van der Waals surface area contributed by atoms with Crippen LogP contribution in [0.4, 0.5) is 10.5 Å². The summed E-state index contributed by atoms with van der Waals surface area (Å²) in [5, 5.41) is 5.35. The molecule has 39 heavy (non-hydrogen) atoms. The highest BCUT2D eigenvalue weighted by Crippen LogP contribution is 2.18. The lowest BCUT2D eigenvalue weighted by molar-refractivity contribution is -0.157. The minimum absolute atomic E-state index is 0.0691. The van der Waals surface area contributed by atoms with Gasteiger partial charge in [-0.15, -0.1) is 0 Å². The average molecular weight is 562 g/mol. The molecule has 0 aliphatic carbocycles. The van der Waals surface area contributed by atoms with Gasteiger partial charge in [-0.2, -0.15) is 4.72 Å². The summed E-state index contributed by atoms with van der Waals surface area (Å²) >= 11 is 0. The fraction of sp³-hybridized carbons (Fsp3) is 0.464. The van der Waals surface area contributed by atoms with Gasteiger partial charge in [-0.3, -0.25) is 9.59 Å². The minimum atomic E-state index is -4.09. The number of unbranched alkanes of at least 4 members (excludes halogenated alkanes) is 1. The second kappa shape index (κ2) is 13.6. The maximum Gasteiger partial charge on any atom is 0.407 e. The number of sulfonamides is 1. The molecule has 1 atom stereocenters. The molecule has 0 radical (unpaired) electrons. The smallest absolute Gasteiger partial charge is 0.407 e. The zero-order chi connectivity index (χ0) is 29.3. The summed E-state index contributed by atoms with van der Waals surface area (Å²) in [6.07, 6.45) is 0.549. The number of hydrogen-bond acceptors (Lipinski definition) is 7. The van der Waals surface area contributed by atoms with Crippen molar-refractivity contribution in [2.24, 2.45) is 0 Å². The first kappa shape index (κ1) is 31.8. The largest absolute Gasteiger partial charge is 0.459 e. The predicted molar refractivity (Wildman–Crippen MR) is 149 cm³/mol. The van der Waals surface area contributed by atoms with E-state index in [1.54, 1.807) is 71.9 Å². The van der Waals surface area contributed by atoms with Crippen LogP contribution in [0, 0.1) is 0 Å². The average Bonchev–Trinajstić information content (AvgIpc) is 2.81. The molecule has 2 aromatic rings. The van der Waals surface area contributed by atoms with Crippen LogP contribution in [0.3, 0.4) is 0 Å². The molecule has 0 aromatic heterocycles. The molecule has 0 saturated heterocycles. The SMILES string of the molecule is CC(C)(C)OC(=O)NCCCC[C@H](NS(=O)(=O)c1ccc(NC(=O)c2ccccc2)cc1)C(=O)OC(C)(C)C. The van der Waals surface area contributed by atoms with Crippen LogP contribution < -0.4 is 15.4 Å². The maximum atomic E-state index is 13.1. The monoisotopic (exact) mass is 561 g/mol. The van der Waals surface area contributed by atoms with Crippen molar-refractivity contribution < 1.29 is 32.3 Å². The molecule has 0 spiro atoms. The molecule has 214 valence electrons. The predicted octanol–water partition coefficient (Wildman–Crippen LogP) is 4.62. The van der Waals surface area contributed by atoms with E-state index in [-0.39, 0.29) is 17.2 Å².